The van der Waals surface area contributed by atoms with Gasteiger partial charge in [0.05, 0.1) is 5.75 Å². The minimum atomic E-state index is -0.0166. The largest absolute Gasteiger partial charge is 0.355 e. The van der Waals surface area contributed by atoms with Crippen molar-refractivity contribution in [1.82, 2.24) is 10.6 Å². The zero-order valence-electron chi connectivity index (χ0n) is 7.13. The second-order valence-electron chi connectivity index (χ2n) is 2.15. The third-order valence-electron chi connectivity index (χ3n) is 1.06. The Morgan fingerprint density at radius 2 is 2.33 bits per heavy atom. The normalized spacial score (nSPS) is 9.42. The average molecular weight is 190 g/mol. The molecule has 0 heterocycles. The highest BCUT2D eigenvalue weighted by Crippen LogP contribution is 1.94. The van der Waals surface area contributed by atoms with E-state index in [0.717, 1.165) is 12.2 Å². The Bertz CT molecular complexity index is 141. The lowest BCUT2D eigenvalue weighted by atomic mass is 10.4. The fourth-order valence-corrected chi connectivity index (χ4v) is 1.16. The van der Waals surface area contributed by atoms with Crippen molar-refractivity contribution in [2.75, 3.05) is 25.2 Å². The van der Waals surface area contributed by atoms with Crippen LogP contribution < -0.4 is 10.6 Å². The monoisotopic (exact) mass is 190 g/mol. The first-order valence-electron chi connectivity index (χ1n) is 3.74. The predicted molar refractivity (Wildman–Crippen MR) is 50.1 cm³/mol. The van der Waals surface area contributed by atoms with E-state index in [1.54, 1.807) is 0 Å². The van der Waals surface area contributed by atoms with Crippen molar-refractivity contribution in [3.8, 4) is 0 Å². The molecule has 0 fully saturated rings. The molecule has 12 heavy (non-hydrogen) atoms. The highest BCUT2D eigenvalue weighted by atomic mass is 32.2. The Kier molecular flexibility index (Phi) is 8.15. The summed E-state index contributed by atoms with van der Waals surface area (Å²) < 4.78 is 0. The van der Waals surface area contributed by atoms with Gasteiger partial charge in [0.15, 0.2) is 0 Å². The van der Waals surface area contributed by atoms with Gasteiger partial charge in [0.1, 0.15) is 6.29 Å². The molecule has 0 aromatic heterocycles. The van der Waals surface area contributed by atoms with Gasteiger partial charge in [-0.3, -0.25) is 4.79 Å². The lowest BCUT2D eigenvalue weighted by Crippen LogP contribution is -2.26. The Morgan fingerprint density at radius 3 is 2.92 bits per heavy atom. The SMILES string of the molecule is CNCSCC(=O)NCCC=O. The van der Waals surface area contributed by atoms with E-state index in [2.05, 4.69) is 10.6 Å². The van der Waals surface area contributed by atoms with Gasteiger partial charge in [0, 0.05) is 18.8 Å². The van der Waals surface area contributed by atoms with Crippen molar-refractivity contribution in [3.63, 3.8) is 0 Å². The second kappa shape index (κ2) is 8.55. The molecule has 0 saturated heterocycles. The van der Waals surface area contributed by atoms with Crippen LogP contribution in [0.3, 0.4) is 0 Å². The molecule has 0 aliphatic rings. The van der Waals surface area contributed by atoms with E-state index in [0.29, 0.717) is 18.7 Å². The Morgan fingerprint density at radius 1 is 1.58 bits per heavy atom. The molecule has 0 aromatic rings. The van der Waals surface area contributed by atoms with Crippen molar-refractivity contribution in [2.45, 2.75) is 6.42 Å². The van der Waals surface area contributed by atoms with Crippen molar-refractivity contribution in [3.05, 3.63) is 0 Å². The van der Waals surface area contributed by atoms with Crippen molar-refractivity contribution in [2.24, 2.45) is 0 Å². The molecule has 70 valence electrons. The first-order chi connectivity index (χ1) is 5.81. The minimum absolute atomic E-state index is 0.0166. The molecule has 0 unspecified atom stereocenters. The van der Waals surface area contributed by atoms with Crippen molar-refractivity contribution < 1.29 is 9.59 Å². The van der Waals surface area contributed by atoms with Crippen LogP contribution in [0.25, 0.3) is 0 Å². The van der Waals surface area contributed by atoms with Crippen LogP contribution in [0.15, 0.2) is 0 Å². The van der Waals surface area contributed by atoms with Crippen LogP contribution in [0, 0.1) is 0 Å². The second-order valence-corrected chi connectivity index (χ2v) is 3.14. The number of hydrogen-bond acceptors (Lipinski definition) is 4. The molecule has 4 nitrogen and oxygen atoms in total. The van der Waals surface area contributed by atoms with Crippen molar-refractivity contribution >= 4 is 24.0 Å². The summed E-state index contributed by atoms with van der Waals surface area (Å²) in [6, 6.07) is 0. The van der Waals surface area contributed by atoms with E-state index in [9.17, 15) is 9.59 Å². The van der Waals surface area contributed by atoms with Gasteiger partial charge >= 0.3 is 0 Å². The molecule has 0 spiro atoms. The topological polar surface area (TPSA) is 58.2 Å². The number of amides is 1. The quantitative estimate of drug-likeness (QED) is 0.326. The molecule has 0 aromatic carbocycles. The standard InChI is InChI=1S/C7H14N2O2S/c1-8-6-12-5-7(11)9-3-2-4-10/h4,8H,2-3,5-6H2,1H3,(H,9,11). The van der Waals surface area contributed by atoms with Gasteiger partial charge < -0.3 is 15.4 Å². The summed E-state index contributed by atoms with van der Waals surface area (Å²) in [6.07, 6.45) is 1.18. The van der Waals surface area contributed by atoms with E-state index in [1.807, 2.05) is 7.05 Å². The molecule has 0 aliphatic carbocycles. The van der Waals surface area contributed by atoms with E-state index in [-0.39, 0.29) is 5.91 Å². The van der Waals surface area contributed by atoms with Gasteiger partial charge in [0.2, 0.25) is 5.91 Å². The molecule has 0 bridgehead atoms. The minimum Gasteiger partial charge on any atom is -0.355 e. The zero-order valence-corrected chi connectivity index (χ0v) is 7.95. The molecule has 0 atom stereocenters. The first-order valence-corrected chi connectivity index (χ1v) is 4.89. The van der Waals surface area contributed by atoms with E-state index in [1.165, 1.54) is 11.8 Å². The molecule has 0 aliphatic heterocycles. The third-order valence-corrected chi connectivity index (χ3v) is 2.02. The lowest BCUT2D eigenvalue weighted by Gasteiger charge is -2.01. The number of carbonyl (C=O) groups is 2. The summed E-state index contributed by atoms with van der Waals surface area (Å²) in [7, 11) is 1.83. The maximum Gasteiger partial charge on any atom is 0.230 e. The van der Waals surface area contributed by atoms with Crippen LogP contribution in [-0.4, -0.2) is 37.4 Å². The Labute approximate surface area is 76.5 Å². The molecule has 5 heteroatoms. The van der Waals surface area contributed by atoms with Gasteiger partial charge in [-0.05, 0) is 7.05 Å². The molecule has 0 rings (SSSR count). The molecular formula is C7H14N2O2S. The predicted octanol–water partition coefficient (Wildman–Crippen LogP) is -0.398. The van der Waals surface area contributed by atoms with Gasteiger partial charge in [-0.25, -0.2) is 0 Å². The maximum atomic E-state index is 10.9. The number of hydrogen-bond donors (Lipinski definition) is 2. The van der Waals surface area contributed by atoms with E-state index in [4.69, 9.17) is 0 Å². The number of carbonyl (C=O) groups excluding carboxylic acids is 2. The molecular weight excluding hydrogens is 176 g/mol. The number of rotatable bonds is 7. The van der Waals surface area contributed by atoms with Crippen LogP contribution in [-0.2, 0) is 9.59 Å². The zero-order chi connectivity index (χ0) is 9.23. The van der Waals surface area contributed by atoms with Crippen LogP contribution >= 0.6 is 11.8 Å². The Balaban J connectivity index is 3.15. The summed E-state index contributed by atoms with van der Waals surface area (Å²) in [4.78, 5) is 20.8. The molecule has 1 amide bonds. The van der Waals surface area contributed by atoms with Crippen LogP contribution in [0.5, 0.6) is 0 Å². The maximum absolute atomic E-state index is 10.9. The summed E-state index contributed by atoms with van der Waals surface area (Å²) in [5.74, 6) is 1.19. The van der Waals surface area contributed by atoms with Gasteiger partial charge in [-0.2, -0.15) is 0 Å². The summed E-state index contributed by atoms with van der Waals surface area (Å²) in [5.41, 5.74) is 0. The van der Waals surface area contributed by atoms with Crippen LogP contribution in [0.4, 0.5) is 0 Å². The summed E-state index contributed by atoms with van der Waals surface area (Å²) in [6.45, 7) is 0.447. The summed E-state index contributed by atoms with van der Waals surface area (Å²) in [5, 5.41) is 5.54. The fourth-order valence-electron chi connectivity index (χ4n) is 0.567. The third kappa shape index (κ3) is 7.56. The smallest absolute Gasteiger partial charge is 0.230 e. The fraction of sp³-hybridized carbons (Fsp3) is 0.714. The number of nitrogens with one attached hydrogen (secondary N) is 2. The molecule has 2 N–H and O–H groups in total. The molecule has 0 saturated carbocycles. The van der Waals surface area contributed by atoms with Crippen LogP contribution in [0.1, 0.15) is 6.42 Å². The van der Waals surface area contributed by atoms with Gasteiger partial charge in [-0.1, -0.05) is 0 Å². The first kappa shape index (κ1) is 11.4. The average Bonchev–Trinajstić information content (AvgIpc) is 2.06. The van der Waals surface area contributed by atoms with Crippen LogP contribution in [0.2, 0.25) is 0 Å². The highest BCUT2D eigenvalue weighted by Gasteiger charge is 1.98. The lowest BCUT2D eigenvalue weighted by molar-refractivity contribution is -0.118. The summed E-state index contributed by atoms with van der Waals surface area (Å²) >= 11 is 1.51. The Hall–Kier alpha value is -0.550. The number of thioether (sulfide) groups is 1. The van der Waals surface area contributed by atoms with Crippen molar-refractivity contribution in [1.29, 1.82) is 0 Å². The highest BCUT2D eigenvalue weighted by molar-refractivity contribution is 7.99. The van der Waals surface area contributed by atoms with Gasteiger partial charge in [-0.15, -0.1) is 11.8 Å². The van der Waals surface area contributed by atoms with E-state index >= 15 is 0 Å². The molecule has 0 radical (unpaired) electrons. The van der Waals surface area contributed by atoms with E-state index < -0.39 is 0 Å². The van der Waals surface area contributed by atoms with Gasteiger partial charge in [0.25, 0.3) is 0 Å². The number of aldehydes is 1.